The zero-order valence-electron chi connectivity index (χ0n) is 13.7. The van der Waals surface area contributed by atoms with Crippen molar-refractivity contribution >= 4 is 17.4 Å². The van der Waals surface area contributed by atoms with Gasteiger partial charge in [0.1, 0.15) is 12.4 Å². The van der Waals surface area contributed by atoms with Crippen LogP contribution in [0.5, 0.6) is 0 Å². The van der Waals surface area contributed by atoms with Crippen molar-refractivity contribution in [2.45, 2.75) is 26.9 Å². The molecule has 0 spiro atoms. The third kappa shape index (κ3) is 5.62. The number of benzene rings is 2. The average Bonchev–Trinajstić information content (AvgIpc) is 2.54. The van der Waals surface area contributed by atoms with Crippen LogP contribution in [0.1, 0.15) is 31.4 Å². The van der Waals surface area contributed by atoms with Gasteiger partial charge in [0.2, 0.25) is 5.91 Å². The summed E-state index contributed by atoms with van der Waals surface area (Å²) in [5.41, 5.74) is 2.82. The maximum absolute atomic E-state index is 11.7. The third-order valence-corrected chi connectivity index (χ3v) is 3.34. The van der Waals surface area contributed by atoms with E-state index < -0.39 is 0 Å². The maximum Gasteiger partial charge on any atom is 0.224 e. The molecular formula is C20H23NO2. The first-order valence-corrected chi connectivity index (χ1v) is 7.80. The van der Waals surface area contributed by atoms with E-state index in [9.17, 15) is 4.79 Å². The van der Waals surface area contributed by atoms with E-state index in [1.54, 1.807) is 0 Å². The van der Waals surface area contributed by atoms with Crippen molar-refractivity contribution in [1.29, 1.82) is 0 Å². The van der Waals surface area contributed by atoms with Gasteiger partial charge >= 0.3 is 0 Å². The lowest BCUT2D eigenvalue weighted by atomic mass is 10.1. The molecule has 23 heavy (non-hydrogen) atoms. The van der Waals surface area contributed by atoms with Crippen LogP contribution in [-0.4, -0.2) is 5.91 Å². The molecule has 0 aromatic heterocycles. The van der Waals surface area contributed by atoms with Gasteiger partial charge in [-0.05, 0) is 23.6 Å². The zero-order chi connectivity index (χ0) is 16.7. The Balaban J connectivity index is 1.85. The number of ether oxygens (including phenoxy) is 1. The van der Waals surface area contributed by atoms with Crippen LogP contribution in [-0.2, 0) is 16.1 Å². The molecule has 2 aromatic rings. The highest BCUT2D eigenvalue weighted by molar-refractivity contribution is 5.90. The maximum atomic E-state index is 11.7. The zero-order valence-corrected chi connectivity index (χ0v) is 13.7. The quantitative estimate of drug-likeness (QED) is 0.742. The SMILES string of the molecule is C=C(OCc1ccc(NC(=O)CC(C)C)cc1)c1ccccc1. The van der Waals surface area contributed by atoms with Gasteiger partial charge in [-0.1, -0.05) is 62.9 Å². The molecule has 0 aliphatic heterocycles. The van der Waals surface area contributed by atoms with Crippen LogP contribution in [0, 0.1) is 5.92 Å². The lowest BCUT2D eigenvalue weighted by molar-refractivity contribution is -0.116. The molecule has 120 valence electrons. The van der Waals surface area contributed by atoms with Gasteiger partial charge in [-0.3, -0.25) is 4.79 Å². The third-order valence-electron chi connectivity index (χ3n) is 3.34. The standard InChI is InChI=1S/C20H23NO2/c1-15(2)13-20(22)21-19-11-9-17(10-12-19)14-23-16(3)18-7-5-4-6-8-18/h4-12,15H,3,13-14H2,1-2H3,(H,21,22). The Morgan fingerprint density at radius 3 is 2.35 bits per heavy atom. The molecule has 3 nitrogen and oxygen atoms in total. The number of carbonyl (C=O) groups excluding carboxylic acids is 1. The molecule has 0 aliphatic rings. The number of anilines is 1. The predicted molar refractivity (Wildman–Crippen MR) is 94.8 cm³/mol. The van der Waals surface area contributed by atoms with Crippen molar-refractivity contribution < 1.29 is 9.53 Å². The second-order valence-corrected chi connectivity index (χ2v) is 5.92. The number of carbonyl (C=O) groups is 1. The fourth-order valence-electron chi connectivity index (χ4n) is 2.14. The number of hydrogen-bond acceptors (Lipinski definition) is 2. The minimum Gasteiger partial charge on any atom is -0.489 e. The molecule has 1 amide bonds. The lowest BCUT2D eigenvalue weighted by Gasteiger charge is -2.10. The first kappa shape index (κ1) is 16.8. The van der Waals surface area contributed by atoms with E-state index in [2.05, 4.69) is 11.9 Å². The van der Waals surface area contributed by atoms with E-state index in [1.807, 2.05) is 68.4 Å². The number of amides is 1. The van der Waals surface area contributed by atoms with Crippen molar-refractivity contribution in [2.24, 2.45) is 5.92 Å². The lowest BCUT2D eigenvalue weighted by Crippen LogP contribution is -2.13. The van der Waals surface area contributed by atoms with Gasteiger partial charge in [0, 0.05) is 17.7 Å². The van der Waals surface area contributed by atoms with Crippen molar-refractivity contribution in [3.63, 3.8) is 0 Å². The van der Waals surface area contributed by atoms with E-state index in [4.69, 9.17) is 4.74 Å². The van der Waals surface area contributed by atoms with Gasteiger partial charge in [-0.25, -0.2) is 0 Å². The Hall–Kier alpha value is -2.55. The fourth-order valence-corrected chi connectivity index (χ4v) is 2.14. The second-order valence-electron chi connectivity index (χ2n) is 5.92. The molecule has 0 aliphatic carbocycles. The topological polar surface area (TPSA) is 38.3 Å². The summed E-state index contributed by atoms with van der Waals surface area (Å²) in [5.74, 6) is 1.05. The largest absolute Gasteiger partial charge is 0.489 e. The Labute approximate surface area is 138 Å². The Bertz CT molecular complexity index is 645. The summed E-state index contributed by atoms with van der Waals surface area (Å²) in [4.78, 5) is 11.7. The van der Waals surface area contributed by atoms with E-state index in [-0.39, 0.29) is 5.91 Å². The van der Waals surface area contributed by atoms with E-state index in [0.717, 1.165) is 16.8 Å². The Kier molecular flexibility index (Phi) is 5.98. The van der Waals surface area contributed by atoms with Crippen LogP contribution in [0.4, 0.5) is 5.69 Å². The van der Waals surface area contributed by atoms with Crippen molar-refractivity contribution in [1.82, 2.24) is 0 Å². The van der Waals surface area contributed by atoms with Crippen molar-refractivity contribution in [3.8, 4) is 0 Å². The van der Waals surface area contributed by atoms with Crippen LogP contribution in [0.3, 0.4) is 0 Å². The van der Waals surface area contributed by atoms with Gasteiger partial charge in [0.05, 0.1) is 0 Å². The van der Waals surface area contributed by atoms with Gasteiger partial charge in [0.25, 0.3) is 0 Å². The molecule has 0 atom stereocenters. The summed E-state index contributed by atoms with van der Waals surface area (Å²) in [5, 5.41) is 2.89. The molecule has 1 N–H and O–H groups in total. The number of nitrogens with one attached hydrogen (secondary N) is 1. The molecule has 0 heterocycles. The minimum atomic E-state index is 0.0430. The molecule has 0 unspecified atom stereocenters. The monoisotopic (exact) mass is 309 g/mol. The summed E-state index contributed by atoms with van der Waals surface area (Å²) in [6.45, 7) is 8.45. The smallest absolute Gasteiger partial charge is 0.224 e. The van der Waals surface area contributed by atoms with Gasteiger partial charge in [-0.2, -0.15) is 0 Å². The van der Waals surface area contributed by atoms with Gasteiger partial charge in [0.15, 0.2) is 0 Å². The van der Waals surface area contributed by atoms with E-state index in [1.165, 1.54) is 0 Å². The summed E-state index contributed by atoms with van der Waals surface area (Å²) in [6, 6.07) is 17.5. The summed E-state index contributed by atoms with van der Waals surface area (Å²) >= 11 is 0. The molecule has 0 saturated carbocycles. The summed E-state index contributed by atoms with van der Waals surface area (Å²) < 4.78 is 5.71. The number of rotatable bonds is 7. The molecule has 0 radical (unpaired) electrons. The highest BCUT2D eigenvalue weighted by atomic mass is 16.5. The predicted octanol–water partition coefficient (Wildman–Crippen LogP) is 4.86. The molecule has 2 rings (SSSR count). The fraction of sp³-hybridized carbons (Fsp3) is 0.250. The highest BCUT2D eigenvalue weighted by Gasteiger charge is 2.05. The van der Waals surface area contributed by atoms with Crippen LogP contribution in [0.2, 0.25) is 0 Å². The molecule has 0 bridgehead atoms. The summed E-state index contributed by atoms with van der Waals surface area (Å²) in [6.07, 6.45) is 0.530. The van der Waals surface area contributed by atoms with E-state index in [0.29, 0.717) is 24.7 Å². The Morgan fingerprint density at radius 1 is 1.09 bits per heavy atom. The average molecular weight is 309 g/mol. The molecule has 0 fully saturated rings. The van der Waals surface area contributed by atoms with Crippen molar-refractivity contribution in [3.05, 3.63) is 72.3 Å². The minimum absolute atomic E-state index is 0.0430. The van der Waals surface area contributed by atoms with E-state index >= 15 is 0 Å². The van der Waals surface area contributed by atoms with Crippen LogP contribution < -0.4 is 5.32 Å². The number of hydrogen-bond donors (Lipinski definition) is 1. The van der Waals surface area contributed by atoms with Gasteiger partial charge < -0.3 is 10.1 Å². The van der Waals surface area contributed by atoms with Gasteiger partial charge in [-0.15, -0.1) is 0 Å². The normalized spacial score (nSPS) is 10.4. The molecule has 3 heteroatoms. The molecule has 0 saturated heterocycles. The first-order chi connectivity index (χ1) is 11.0. The first-order valence-electron chi connectivity index (χ1n) is 7.80. The van der Waals surface area contributed by atoms with Crippen LogP contribution in [0.15, 0.2) is 61.2 Å². The highest BCUT2D eigenvalue weighted by Crippen LogP contribution is 2.17. The Morgan fingerprint density at radius 2 is 1.74 bits per heavy atom. The molecular weight excluding hydrogens is 286 g/mol. The summed E-state index contributed by atoms with van der Waals surface area (Å²) in [7, 11) is 0. The van der Waals surface area contributed by atoms with Crippen LogP contribution >= 0.6 is 0 Å². The second kappa shape index (κ2) is 8.18. The van der Waals surface area contributed by atoms with Crippen LogP contribution in [0.25, 0.3) is 5.76 Å². The molecule has 2 aromatic carbocycles. The van der Waals surface area contributed by atoms with Crippen molar-refractivity contribution in [2.75, 3.05) is 5.32 Å².